The van der Waals surface area contributed by atoms with Gasteiger partial charge in [0.25, 0.3) is 17.4 Å². The number of aromatic nitrogens is 1. The molecule has 50 heavy (non-hydrogen) atoms. The number of nitrogens with one attached hydrogen (secondary N) is 3. The first kappa shape index (κ1) is 36.1. The number of nitrogens with two attached hydrogens (primary N) is 2. The Labute approximate surface area is 289 Å². The number of ether oxygens (including phenoxy) is 1. The SMILES string of the molecule is CC1(C)[C@H](NC(=O)/C(=N\O[C@](C)(C(=O)O)[C@H]2CCc3cc(C(=N)Nc4ccc(CN)cc4)ccc3O2)c2csc(N)n2)C(=O)N1OS(=O)(=O)O. The highest BCUT2D eigenvalue weighted by Gasteiger charge is 2.58. The number of hydrogen-bond donors (Lipinski definition) is 7. The summed E-state index contributed by atoms with van der Waals surface area (Å²) in [4.78, 5) is 48.3. The molecule has 3 heterocycles. The summed E-state index contributed by atoms with van der Waals surface area (Å²) in [7, 11) is -5.04. The molecule has 0 radical (unpaired) electrons. The van der Waals surface area contributed by atoms with Gasteiger partial charge in [0.1, 0.15) is 23.3 Å². The highest BCUT2D eigenvalue weighted by Crippen LogP contribution is 2.35. The fraction of sp³-hybridized carbons (Fsp3) is 0.333. The lowest BCUT2D eigenvalue weighted by atomic mass is 9.84. The van der Waals surface area contributed by atoms with E-state index in [0.29, 0.717) is 35.0 Å². The fourth-order valence-electron chi connectivity index (χ4n) is 5.27. The van der Waals surface area contributed by atoms with E-state index in [0.717, 1.165) is 22.5 Å². The highest BCUT2D eigenvalue weighted by atomic mass is 32.3. The van der Waals surface area contributed by atoms with Gasteiger partial charge in [-0.3, -0.25) is 19.6 Å². The van der Waals surface area contributed by atoms with E-state index in [9.17, 15) is 27.9 Å². The standard InChI is InChI=1S/C30H34N8O10S2/c1-29(2)23(26(40)38(29)48-50(43,44)45)36-25(39)22(19-14-49-28(33)35-19)37-47-30(3,27(41)42)21-11-7-16-12-17(6-10-20(16)46-21)24(32)34-18-8-4-15(13-31)5-9-18/h4-6,8-10,12,14,21,23H,7,11,13,31H2,1-3H3,(H2,32,34)(H2,33,35)(H,36,39)(H,41,42)(H,43,44,45)/b37-22-/t21-,23-,30+/m1/s1. The zero-order valence-corrected chi connectivity index (χ0v) is 28.5. The van der Waals surface area contributed by atoms with Gasteiger partial charge in [0.15, 0.2) is 16.9 Å². The van der Waals surface area contributed by atoms with Gasteiger partial charge in [0.2, 0.25) is 0 Å². The average Bonchev–Trinajstić information content (AvgIpc) is 3.50. The number of anilines is 2. The number of carbonyl (C=O) groups is 3. The average molecular weight is 731 g/mol. The number of carbonyl (C=O) groups excluding carboxylic acids is 2. The first-order valence-corrected chi connectivity index (χ1v) is 17.1. The summed E-state index contributed by atoms with van der Waals surface area (Å²) in [6.45, 7) is 4.36. The van der Waals surface area contributed by atoms with Gasteiger partial charge in [-0.15, -0.1) is 15.6 Å². The van der Waals surface area contributed by atoms with Gasteiger partial charge in [-0.2, -0.15) is 13.5 Å². The molecule has 20 heteroatoms. The molecule has 0 bridgehead atoms. The first-order chi connectivity index (χ1) is 23.4. The Morgan fingerprint density at radius 3 is 2.54 bits per heavy atom. The Hall–Kier alpha value is -5.15. The largest absolute Gasteiger partial charge is 0.485 e. The van der Waals surface area contributed by atoms with E-state index in [1.54, 1.807) is 18.2 Å². The van der Waals surface area contributed by atoms with Crippen LogP contribution in [0.1, 0.15) is 49.6 Å². The molecule has 2 amide bonds. The maximum Gasteiger partial charge on any atom is 0.418 e. The van der Waals surface area contributed by atoms with E-state index < -0.39 is 57.2 Å². The molecule has 1 saturated heterocycles. The van der Waals surface area contributed by atoms with Crippen molar-refractivity contribution in [2.45, 2.75) is 63.4 Å². The fourth-order valence-corrected chi connectivity index (χ4v) is 6.27. The van der Waals surface area contributed by atoms with Gasteiger partial charge in [0, 0.05) is 23.2 Å². The predicted molar refractivity (Wildman–Crippen MR) is 180 cm³/mol. The number of aryl methyl sites for hydroxylation is 1. The number of oxime groups is 1. The summed E-state index contributed by atoms with van der Waals surface area (Å²) >= 11 is 0.956. The number of β-lactam (4-membered cyclic amide) rings is 1. The molecular formula is C30H34N8O10S2. The molecule has 1 fully saturated rings. The Morgan fingerprint density at radius 1 is 1.26 bits per heavy atom. The maximum atomic E-state index is 13.5. The van der Waals surface area contributed by atoms with E-state index in [1.807, 2.05) is 24.3 Å². The van der Waals surface area contributed by atoms with Crippen LogP contribution in [0.25, 0.3) is 0 Å². The van der Waals surface area contributed by atoms with Crippen molar-refractivity contribution in [3.05, 3.63) is 70.2 Å². The minimum absolute atomic E-state index is 0.0497. The number of nitrogen functional groups attached to an aromatic ring is 1. The van der Waals surface area contributed by atoms with Gasteiger partial charge in [-0.05, 0) is 75.1 Å². The van der Waals surface area contributed by atoms with Crippen LogP contribution in [0.2, 0.25) is 0 Å². The Balaban J connectivity index is 1.33. The second-order valence-corrected chi connectivity index (χ2v) is 14.0. The Kier molecular flexibility index (Phi) is 9.85. The van der Waals surface area contributed by atoms with Crippen LogP contribution in [0.5, 0.6) is 5.75 Å². The van der Waals surface area contributed by atoms with Gasteiger partial charge in [-0.25, -0.2) is 9.78 Å². The van der Waals surface area contributed by atoms with E-state index in [4.69, 9.17) is 31.0 Å². The molecule has 1 aromatic heterocycles. The molecule has 3 aromatic rings. The lowest BCUT2D eigenvalue weighted by Crippen LogP contribution is -2.76. The van der Waals surface area contributed by atoms with Crippen LogP contribution in [0.4, 0.5) is 10.8 Å². The van der Waals surface area contributed by atoms with Crippen LogP contribution in [-0.2, 0) is 46.9 Å². The second kappa shape index (κ2) is 13.6. The molecule has 2 aliphatic rings. The van der Waals surface area contributed by atoms with Crippen LogP contribution in [-0.4, -0.2) is 80.7 Å². The van der Waals surface area contributed by atoms with Crippen molar-refractivity contribution < 1.29 is 46.3 Å². The quantitative estimate of drug-likeness (QED) is 0.0456. The Morgan fingerprint density at radius 2 is 1.96 bits per heavy atom. The molecule has 266 valence electrons. The van der Waals surface area contributed by atoms with Crippen molar-refractivity contribution in [3.63, 3.8) is 0 Å². The van der Waals surface area contributed by atoms with Crippen LogP contribution < -0.4 is 26.8 Å². The summed E-state index contributed by atoms with van der Waals surface area (Å²) in [6, 6.07) is 11.1. The van der Waals surface area contributed by atoms with Crippen LogP contribution in [0.15, 0.2) is 53.0 Å². The topological polar surface area (TPSA) is 282 Å². The summed E-state index contributed by atoms with van der Waals surface area (Å²) < 4.78 is 41.7. The third kappa shape index (κ3) is 7.38. The van der Waals surface area contributed by atoms with Crippen molar-refractivity contribution in [3.8, 4) is 5.75 Å². The number of carboxylic acid groups (broad SMARTS) is 1. The molecule has 2 aromatic carbocycles. The number of fused-ring (bicyclic) bond motifs is 1. The molecule has 0 unspecified atom stereocenters. The van der Waals surface area contributed by atoms with Crippen LogP contribution in [0, 0.1) is 5.41 Å². The molecule has 0 saturated carbocycles. The molecule has 0 spiro atoms. The molecule has 0 aliphatic carbocycles. The molecule has 9 N–H and O–H groups in total. The highest BCUT2D eigenvalue weighted by molar-refractivity contribution is 7.80. The van der Waals surface area contributed by atoms with Crippen molar-refractivity contribution in [1.29, 1.82) is 5.41 Å². The number of rotatable bonds is 12. The van der Waals surface area contributed by atoms with Gasteiger partial charge in [0.05, 0.1) is 5.54 Å². The van der Waals surface area contributed by atoms with Crippen LogP contribution in [0.3, 0.4) is 0 Å². The number of nitrogens with zero attached hydrogens (tertiary/aromatic N) is 3. The maximum absolute atomic E-state index is 13.5. The lowest BCUT2D eigenvalue weighted by molar-refractivity contribution is -0.218. The Bertz CT molecular complexity index is 1980. The number of thiazole rings is 1. The smallest absolute Gasteiger partial charge is 0.418 e. The van der Waals surface area contributed by atoms with Crippen molar-refractivity contribution >= 4 is 61.9 Å². The minimum Gasteiger partial charge on any atom is -0.485 e. The monoisotopic (exact) mass is 730 g/mol. The lowest BCUT2D eigenvalue weighted by Gasteiger charge is -2.50. The molecule has 5 rings (SSSR count). The zero-order valence-electron chi connectivity index (χ0n) is 26.9. The summed E-state index contributed by atoms with van der Waals surface area (Å²) in [6.07, 6.45) is -0.571. The number of hydrogen-bond acceptors (Lipinski definition) is 14. The van der Waals surface area contributed by atoms with E-state index in [-0.39, 0.29) is 23.1 Å². The van der Waals surface area contributed by atoms with E-state index in [2.05, 4.69) is 25.1 Å². The third-order valence-electron chi connectivity index (χ3n) is 8.22. The number of amides is 2. The number of amidine groups is 1. The molecule has 2 aliphatic heterocycles. The van der Waals surface area contributed by atoms with Crippen LogP contribution >= 0.6 is 11.3 Å². The second-order valence-electron chi connectivity index (χ2n) is 12.1. The first-order valence-electron chi connectivity index (χ1n) is 14.9. The number of carboxylic acids is 1. The predicted octanol–water partition coefficient (Wildman–Crippen LogP) is 1.42. The van der Waals surface area contributed by atoms with Crippen molar-refractivity contribution in [2.75, 3.05) is 11.1 Å². The summed E-state index contributed by atoms with van der Waals surface area (Å²) in [5, 5.41) is 29.9. The van der Waals surface area contributed by atoms with Crippen molar-refractivity contribution in [1.82, 2.24) is 15.4 Å². The van der Waals surface area contributed by atoms with Gasteiger partial charge < -0.3 is 36.8 Å². The number of aliphatic carboxylic acids is 1. The van der Waals surface area contributed by atoms with E-state index in [1.165, 1.54) is 26.2 Å². The van der Waals surface area contributed by atoms with Crippen molar-refractivity contribution in [2.24, 2.45) is 10.9 Å². The number of benzene rings is 2. The third-order valence-corrected chi connectivity index (χ3v) is 9.23. The van der Waals surface area contributed by atoms with Gasteiger partial charge in [-0.1, -0.05) is 17.3 Å². The normalized spacial score (nSPS) is 19.7. The number of hydroxylamine groups is 2. The molecular weight excluding hydrogens is 697 g/mol. The van der Waals surface area contributed by atoms with E-state index >= 15 is 0 Å². The summed E-state index contributed by atoms with van der Waals surface area (Å²) in [5.41, 5.74) is 10.2. The van der Waals surface area contributed by atoms with Gasteiger partial charge >= 0.3 is 16.4 Å². The zero-order chi connectivity index (χ0) is 36.6. The molecule has 3 atom stereocenters. The summed E-state index contributed by atoms with van der Waals surface area (Å²) in [5.74, 6) is -2.97. The molecule has 18 nitrogen and oxygen atoms in total. The minimum atomic E-state index is -5.04.